The highest BCUT2D eigenvalue weighted by Gasteiger charge is 2.22. The lowest BCUT2D eigenvalue weighted by atomic mass is 9.87. The van der Waals surface area contributed by atoms with Crippen molar-refractivity contribution >= 4 is 43.1 Å². The highest BCUT2D eigenvalue weighted by molar-refractivity contribution is 6.25. The summed E-state index contributed by atoms with van der Waals surface area (Å²) in [6, 6.07) is 57.3. The molecule has 1 heterocycles. The molecule has 1 heteroatoms. The van der Waals surface area contributed by atoms with E-state index in [0.29, 0.717) is 0 Å². The van der Waals surface area contributed by atoms with Gasteiger partial charge < -0.3 is 4.74 Å². The van der Waals surface area contributed by atoms with Crippen molar-refractivity contribution < 1.29 is 4.74 Å². The van der Waals surface area contributed by atoms with Crippen molar-refractivity contribution in [1.29, 1.82) is 0 Å². The molecule has 0 unspecified atom stereocenters. The quantitative estimate of drug-likeness (QED) is 0.192. The summed E-state index contributed by atoms with van der Waals surface area (Å²) in [4.78, 5) is 0. The molecule has 208 valence electrons. The van der Waals surface area contributed by atoms with Gasteiger partial charge in [0, 0.05) is 10.9 Å². The maximum Gasteiger partial charge on any atom is 0.135 e. The molecule has 0 atom stereocenters. The zero-order chi connectivity index (χ0) is 29.5. The Morgan fingerprint density at radius 3 is 1.73 bits per heavy atom. The van der Waals surface area contributed by atoms with E-state index in [4.69, 9.17) is 4.74 Å². The molecule has 0 aromatic heterocycles. The first-order valence-electron chi connectivity index (χ1n) is 15.5. The van der Waals surface area contributed by atoms with E-state index in [0.717, 1.165) is 17.1 Å². The molecule has 45 heavy (non-hydrogen) atoms. The Kier molecular flexibility index (Phi) is 5.06. The average molecular weight is 571 g/mol. The molecule has 0 amide bonds. The fourth-order valence-electron chi connectivity index (χ4n) is 7.53. The van der Waals surface area contributed by atoms with Gasteiger partial charge in [-0.2, -0.15) is 0 Å². The fraction of sp³-hybridized carbons (Fsp3) is 0. The lowest BCUT2D eigenvalue weighted by Crippen LogP contribution is -1.98. The van der Waals surface area contributed by atoms with Crippen LogP contribution in [0.2, 0.25) is 0 Å². The van der Waals surface area contributed by atoms with Crippen molar-refractivity contribution in [1.82, 2.24) is 0 Å². The van der Waals surface area contributed by atoms with E-state index in [9.17, 15) is 0 Å². The molecule has 0 N–H and O–H groups in total. The number of ether oxygens (including phenoxy) is 1. The highest BCUT2D eigenvalue weighted by atomic mass is 16.5. The van der Waals surface area contributed by atoms with Gasteiger partial charge in [0.15, 0.2) is 0 Å². The first-order valence-corrected chi connectivity index (χ1v) is 15.5. The standard InChI is InChI=1S/C44H26O/c1-2-7-27(8-3-1)31-19-23-40-39(26-31)37-14-6-13-36-35(22-24-41(45-40)44(36)37)33-12-5-11-32(25-33)34-20-17-30-16-15-28-9-4-10-29-18-21-38(34)43(30)42(28)29/h1-26H. The van der Waals surface area contributed by atoms with Crippen molar-refractivity contribution in [2.75, 3.05) is 0 Å². The third-order valence-corrected chi connectivity index (χ3v) is 9.61. The van der Waals surface area contributed by atoms with Gasteiger partial charge in [-0.05, 0) is 101 Å². The summed E-state index contributed by atoms with van der Waals surface area (Å²) in [6.07, 6.45) is 0. The first-order chi connectivity index (χ1) is 22.3. The van der Waals surface area contributed by atoms with Crippen LogP contribution in [0.3, 0.4) is 0 Å². The number of hydrogen-bond acceptors (Lipinski definition) is 1. The van der Waals surface area contributed by atoms with E-state index >= 15 is 0 Å². The van der Waals surface area contributed by atoms with E-state index in [-0.39, 0.29) is 0 Å². The van der Waals surface area contributed by atoms with Gasteiger partial charge in [-0.3, -0.25) is 0 Å². The molecular weight excluding hydrogens is 544 g/mol. The third kappa shape index (κ3) is 3.62. The highest BCUT2D eigenvalue weighted by Crippen LogP contribution is 2.50. The van der Waals surface area contributed by atoms with Gasteiger partial charge in [-0.15, -0.1) is 0 Å². The Balaban J connectivity index is 1.14. The topological polar surface area (TPSA) is 9.23 Å². The van der Waals surface area contributed by atoms with Crippen LogP contribution in [0.15, 0.2) is 158 Å². The molecule has 0 saturated heterocycles. The SMILES string of the molecule is c1ccc(-c2ccc3c(c2)-c2cccc4c(-c5cccc(-c6ccc7ccc8cccc9ccc6c7c89)c5)ccc(c24)O3)cc1. The molecular formula is C44H26O. The smallest absolute Gasteiger partial charge is 0.135 e. The number of fused-ring (bicyclic) bond motifs is 2. The molecule has 1 aliphatic rings. The maximum absolute atomic E-state index is 6.53. The monoisotopic (exact) mass is 570 g/mol. The predicted molar refractivity (Wildman–Crippen MR) is 189 cm³/mol. The van der Waals surface area contributed by atoms with Crippen LogP contribution in [0, 0.1) is 0 Å². The third-order valence-electron chi connectivity index (χ3n) is 9.61. The number of rotatable bonds is 3. The van der Waals surface area contributed by atoms with Crippen LogP contribution in [0.4, 0.5) is 0 Å². The van der Waals surface area contributed by atoms with Crippen LogP contribution in [0.25, 0.3) is 87.6 Å². The largest absolute Gasteiger partial charge is 0.456 e. The average Bonchev–Trinajstić information content (AvgIpc) is 3.11. The molecule has 0 saturated carbocycles. The maximum atomic E-state index is 6.53. The normalized spacial score (nSPS) is 12.2. The van der Waals surface area contributed by atoms with Crippen molar-refractivity contribution in [3.63, 3.8) is 0 Å². The Morgan fingerprint density at radius 2 is 0.911 bits per heavy atom. The van der Waals surface area contributed by atoms with Crippen LogP contribution < -0.4 is 4.74 Å². The number of benzene rings is 9. The summed E-state index contributed by atoms with van der Waals surface area (Å²) in [5.41, 5.74) is 9.63. The summed E-state index contributed by atoms with van der Waals surface area (Å²) < 4.78 is 6.53. The molecule has 0 fully saturated rings. The molecule has 9 aromatic carbocycles. The van der Waals surface area contributed by atoms with Crippen LogP contribution in [-0.4, -0.2) is 0 Å². The summed E-state index contributed by atoms with van der Waals surface area (Å²) in [5.74, 6) is 1.81. The van der Waals surface area contributed by atoms with E-state index in [2.05, 4.69) is 158 Å². The Hall–Kier alpha value is -5.92. The predicted octanol–water partition coefficient (Wildman–Crippen LogP) is 12.5. The summed E-state index contributed by atoms with van der Waals surface area (Å²) in [5, 5.41) is 10.2. The van der Waals surface area contributed by atoms with Gasteiger partial charge >= 0.3 is 0 Å². The van der Waals surface area contributed by atoms with Gasteiger partial charge in [0.1, 0.15) is 11.5 Å². The van der Waals surface area contributed by atoms with Crippen molar-refractivity contribution in [3.8, 4) is 56.0 Å². The van der Waals surface area contributed by atoms with Crippen LogP contribution in [-0.2, 0) is 0 Å². The Bertz CT molecular complexity index is 2600. The molecule has 1 aliphatic heterocycles. The van der Waals surface area contributed by atoms with E-state index in [1.807, 2.05) is 0 Å². The van der Waals surface area contributed by atoms with Crippen molar-refractivity contribution in [3.05, 3.63) is 158 Å². The van der Waals surface area contributed by atoms with Crippen molar-refractivity contribution in [2.45, 2.75) is 0 Å². The molecule has 10 rings (SSSR count). The molecule has 0 bridgehead atoms. The summed E-state index contributed by atoms with van der Waals surface area (Å²) in [7, 11) is 0. The number of hydrogen-bond donors (Lipinski definition) is 0. The first kappa shape index (κ1) is 24.5. The zero-order valence-corrected chi connectivity index (χ0v) is 24.4. The molecule has 1 nitrogen and oxygen atoms in total. The van der Waals surface area contributed by atoms with Gasteiger partial charge in [-0.1, -0.05) is 133 Å². The lowest BCUT2D eigenvalue weighted by molar-refractivity contribution is 0.487. The minimum Gasteiger partial charge on any atom is -0.456 e. The second-order valence-electron chi connectivity index (χ2n) is 12.1. The minimum absolute atomic E-state index is 0.901. The van der Waals surface area contributed by atoms with Gasteiger partial charge in [0.25, 0.3) is 0 Å². The summed E-state index contributed by atoms with van der Waals surface area (Å²) >= 11 is 0. The van der Waals surface area contributed by atoms with E-state index in [1.54, 1.807) is 0 Å². The Morgan fingerprint density at radius 1 is 0.289 bits per heavy atom. The molecule has 9 aromatic rings. The molecule has 0 aliphatic carbocycles. The van der Waals surface area contributed by atoms with Gasteiger partial charge in [0.2, 0.25) is 0 Å². The second kappa shape index (κ2) is 9.29. The molecule has 0 radical (unpaired) electrons. The summed E-state index contributed by atoms with van der Waals surface area (Å²) in [6.45, 7) is 0. The van der Waals surface area contributed by atoms with Crippen LogP contribution in [0.5, 0.6) is 11.5 Å². The Labute approximate surface area is 260 Å². The zero-order valence-electron chi connectivity index (χ0n) is 24.4. The fourth-order valence-corrected chi connectivity index (χ4v) is 7.53. The van der Waals surface area contributed by atoms with Crippen LogP contribution in [0.1, 0.15) is 0 Å². The van der Waals surface area contributed by atoms with Crippen molar-refractivity contribution in [2.24, 2.45) is 0 Å². The van der Waals surface area contributed by atoms with Crippen LogP contribution >= 0.6 is 0 Å². The van der Waals surface area contributed by atoms with E-state index < -0.39 is 0 Å². The second-order valence-corrected chi connectivity index (χ2v) is 12.1. The lowest BCUT2D eigenvalue weighted by Gasteiger charge is -2.23. The van der Waals surface area contributed by atoms with Gasteiger partial charge in [0.05, 0.1) is 0 Å². The minimum atomic E-state index is 0.901. The van der Waals surface area contributed by atoms with E-state index in [1.165, 1.54) is 82.0 Å². The van der Waals surface area contributed by atoms with Gasteiger partial charge in [-0.25, -0.2) is 0 Å². The molecule has 0 spiro atoms.